The summed E-state index contributed by atoms with van der Waals surface area (Å²) in [6.07, 6.45) is 3.55. The van der Waals surface area contributed by atoms with Gasteiger partial charge in [0.15, 0.2) is 6.10 Å². The zero-order valence-electron chi connectivity index (χ0n) is 18.1. The average Bonchev–Trinajstić information content (AvgIpc) is 3.56. The van der Waals surface area contributed by atoms with Crippen molar-refractivity contribution in [3.05, 3.63) is 29.8 Å². The number of hydrogen-bond acceptors (Lipinski definition) is 5. The highest BCUT2D eigenvalue weighted by molar-refractivity contribution is 5.86. The van der Waals surface area contributed by atoms with Crippen LogP contribution in [0.1, 0.15) is 64.0 Å². The minimum atomic E-state index is -0.863. The summed E-state index contributed by atoms with van der Waals surface area (Å²) in [7, 11) is 1.58. The number of benzene rings is 1. The number of esters is 1. The number of carbonyl (C=O) groups excluding carboxylic acids is 3. The van der Waals surface area contributed by atoms with Crippen LogP contribution in [-0.4, -0.2) is 48.5 Å². The molecule has 30 heavy (non-hydrogen) atoms. The van der Waals surface area contributed by atoms with Crippen LogP contribution >= 0.6 is 0 Å². The van der Waals surface area contributed by atoms with Gasteiger partial charge in [0.1, 0.15) is 5.75 Å². The Hall–Kier alpha value is -2.57. The highest BCUT2D eigenvalue weighted by atomic mass is 16.5. The third-order valence-corrected chi connectivity index (χ3v) is 5.81. The first kappa shape index (κ1) is 22.1. The summed E-state index contributed by atoms with van der Waals surface area (Å²) >= 11 is 0. The van der Waals surface area contributed by atoms with Gasteiger partial charge >= 0.3 is 5.97 Å². The fraction of sp³-hybridized carbons (Fsp3) is 0.609. The van der Waals surface area contributed by atoms with Gasteiger partial charge in [0, 0.05) is 24.6 Å². The summed E-state index contributed by atoms with van der Waals surface area (Å²) in [4.78, 5) is 40.0. The second-order valence-corrected chi connectivity index (χ2v) is 8.13. The number of nitrogens with zero attached hydrogens (tertiary/aromatic N) is 1. The number of rotatable bonds is 9. The second kappa shape index (κ2) is 9.96. The SMILES string of the molecule is CCCCN1C(=O)CC[C@H](C(=O)O[C@@H](C)C(=O)NC2CC2)[C@@H]1c1ccccc1OC. The molecule has 1 aliphatic heterocycles. The van der Waals surface area contributed by atoms with Crippen LogP contribution in [0.25, 0.3) is 0 Å². The maximum absolute atomic E-state index is 13.1. The van der Waals surface area contributed by atoms with E-state index in [1.807, 2.05) is 24.3 Å². The first-order chi connectivity index (χ1) is 14.5. The lowest BCUT2D eigenvalue weighted by Crippen LogP contribution is -2.47. The van der Waals surface area contributed by atoms with Gasteiger partial charge in [-0.15, -0.1) is 0 Å². The smallest absolute Gasteiger partial charge is 0.312 e. The zero-order valence-corrected chi connectivity index (χ0v) is 18.1. The van der Waals surface area contributed by atoms with Crippen molar-refractivity contribution in [2.24, 2.45) is 5.92 Å². The Morgan fingerprint density at radius 3 is 2.63 bits per heavy atom. The van der Waals surface area contributed by atoms with Gasteiger partial charge < -0.3 is 19.7 Å². The zero-order chi connectivity index (χ0) is 21.7. The third-order valence-electron chi connectivity index (χ3n) is 5.81. The summed E-state index contributed by atoms with van der Waals surface area (Å²) in [5.74, 6) is -0.598. The number of para-hydroxylation sites is 1. The lowest BCUT2D eigenvalue weighted by atomic mass is 9.83. The molecule has 2 aliphatic rings. The third kappa shape index (κ3) is 5.12. The van der Waals surface area contributed by atoms with Gasteiger partial charge in [0.05, 0.1) is 19.1 Å². The topological polar surface area (TPSA) is 84.9 Å². The molecule has 2 fully saturated rings. The maximum Gasteiger partial charge on any atom is 0.312 e. The Morgan fingerprint density at radius 2 is 1.97 bits per heavy atom. The molecule has 0 bridgehead atoms. The summed E-state index contributed by atoms with van der Waals surface area (Å²) in [5.41, 5.74) is 0.793. The number of likely N-dealkylation sites (tertiary alicyclic amines) is 1. The van der Waals surface area contributed by atoms with Crippen molar-refractivity contribution in [3.8, 4) is 5.75 Å². The van der Waals surface area contributed by atoms with Crippen LogP contribution in [0.5, 0.6) is 5.75 Å². The Balaban J connectivity index is 1.84. The monoisotopic (exact) mass is 416 g/mol. The highest BCUT2D eigenvalue weighted by Crippen LogP contribution is 2.41. The summed E-state index contributed by atoms with van der Waals surface area (Å²) in [5, 5.41) is 2.87. The number of hydrogen-bond donors (Lipinski definition) is 1. The van der Waals surface area contributed by atoms with E-state index < -0.39 is 24.0 Å². The van der Waals surface area contributed by atoms with Crippen molar-refractivity contribution in [1.29, 1.82) is 0 Å². The molecule has 0 radical (unpaired) electrons. The molecule has 1 aromatic rings. The number of carbonyl (C=O) groups is 3. The van der Waals surface area contributed by atoms with Crippen LogP contribution < -0.4 is 10.1 Å². The van der Waals surface area contributed by atoms with Gasteiger partial charge in [-0.1, -0.05) is 31.5 Å². The number of nitrogens with one attached hydrogen (secondary N) is 1. The first-order valence-corrected chi connectivity index (χ1v) is 10.9. The largest absolute Gasteiger partial charge is 0.496 e. The van der Waals surface area contributed by atoms with E-state index in [2.05, 4.69) is 12.2 Å². The van der Waals surface area contributed by atoms with E-state index in [-0.39, 0.29) is 24.3 Å². The van der Waals surface area contributed by atoms with Gasteiger partial charge in [-0.05, 0) is 38.7 Å². The van der Waals surface area contributed by atoms with Crippen molar-refractivity contribution >= 4 is 17.8 Å². The maximum atomic E-state index is 13.1. The highest BCUT2D eigenvalue weighted by Gasteiger charge is 2.43. The minimum absolute atomic E-state index is 0.0305. The van der Waals surface area contributed by atoms with Gasteiger partial charge in [-0.25, -0.2) is 0 Å². The van der Waals surface area contributed by atoms with Gasteiger partial charge in [0.2, 0.25) is 5.91 Å². The van der Waals surface area contributed by atoms with E-state index in [0.29, 0.717) is 18.7 Å². The molecule has 1 saturated heterocycles. The Morgan fingerprint density at radius 1 is 1.23 bits per heavy atom. The van der Waals surface area contributed by atoms with Crippen LogP contribution in [0, 0.1) is 5.92 Å². The molecule has 1 saturated carbocycles. The van der Waals surface area contributed by atoms with Crippen LogP contribution in [0.3, 0.4) is 0 Å². The van der Waals surface area contributed by atoms with Crippen LogP contribution in [0.2, 0.25) is 0 Å². The van der Waals surface area contributed by atoms with Gasteiger partial charge in [-0.3, -0.25) is 14.4 Å². The average molecular weight is 417 g/mol. The molecule has 1 N–H and O–H groups in total. The molecule has 0 aromatic heterocycles. The Kier molecular flexibility index (Phi) is 7.34. The molecule has 164 valence electrons. The van der Waals surface area contributed by atoms with Crippen molar-refractivity contribution in [3.63, 3.8) is 0 Å². The molecule has 0 spiro atoms. The number of amides is 2. The molecule has 2 amide bonds. The predicted molar refractivity (Wildman–Crippen MR) is 112 cm³/mol. The quantitative estimate of drug-likeness (QED) is 0.626. The predicted octanol–water partition coefficient (Wildman–Crippen LogP) is 2.99. The van der Waals surface area contributed by atoms with E-state index in [1.165, 1.54) is 0 Å². The van der Waals surface area contributed by atoms with Gasteiger partial charge in [0.25, 0.3) is 5.91 Å². The number of piperidine rings is 1. The van der Waals surface area contributed by atoms with Crippen molar-refractivity contribution in [1.82, 2.24) is 10.2 Å². The molecule has 1 aromatic carbocycles. The van der Waals surface area contributed by atoms with Crippen molar-refractivity contribution < 1.29 is 23.9 Å². The Bertz CT molecular complexity index is 777. The molecular formula is C23H32N2O5. The standard InChI is InChI=1S/C23H32N2O5/c1-4-5-14-25-20(26)13-12-18(21(25)17-8-6-7-9-19(17)29-3)23(28)30-15(2)22(27)24-16-10-11-16/h6-9,15-16,18,21H,4-5,10-14H2,1-3H3,(H,24,27)/t15-,18-,21-/m0/s1. The normalized spacial score (nSPS) is 22.4. The summed E-state index contributed by atoms with van der Waals surface area (Å²) in [6.45, 7) is 4.23. The van der Waals surface area contributed by atoms with Crippen LogP contribution in [0.4, 0.5) is 0 Å². The minimum Gasteiger partial charge on any atom is -0.496 e. The van der Waals surface area contributed by atoms with Crippen molar-refractivity contribution in [2.45, 2.75) is 70.6 Å². The molecular weight excluding hydrogens is 384 g/mol. The first-order valence-electron chi connectivity index (χ1n) is 10.9. The number of methoxy groups -OCH3 is 1. The van der Waals surface area contributed by atoms with E-state index in [1.54, 1.807) is 18.9 Å². The summed E-state index contributed by atoms with van der Waals surface area (Å²) < 4.78 is 11.1. The molecule has 3 rings (SSSR count). The molecule has 0 unspecified atom stereocenters. The van der Waals surface area contributed by atoms with Crippen LogP contribution in [-0.2, 0) is 19.1 Å². The van der Waals surface area contributed by atoms with E-state index in [4.69, 9.17) is 9.47 Å². The second-order valence-electron chi connectivity index (χ2n) is 8.13. The molecule has 3 atom stereocenters. The van der Waals surface area contributed by atoms with E-state index >= 15 is 0 Å². The van der Waals surface area contributed by atoms with Gasteiger partial charge in [-0.2, -0.15) is 0 Å². The Labute approximate surface area is 178 Å². The molecule has 1 heterocycles. The lowest BCUT2D eigenvalue weighted by Gasteiger charge is -2.41. The molecule has 7 heteroatoms. The van der Waals surface area contributed by atoms with Crippen LogP contribution in [0.15, 0.2) is 24.3 Å². The lowest BCUT2D eigenvalue weighted by molar-refractivity contribution is -0.165. The van der Waals surface area contributed by atoms with E-state index in [9.17, 15) is 14.4 Å². The summed E-state index contributed by atoms with van der Waals surface area (Å²) in [6, 6.07) is 7.20. The fourth-order valence-electron chi connectivity index (χ4n) is 3.95. The number of unbranched alkanes of at least 4 members (excludes halogenated alkanes) is 1. The molecule has 7 nitrogen and oxygen atoms in total. The van der Waals surface area contributed by atoms with E-state index in [0.717, 1.165) is 31.2 Å². The fourth-order valence-corrected chi connectivity index (χ4v) is 3.95. The number of ether oxygens (including phenoxy) is 2. The van der Waals surface area contributed by atoms with Crippen molar-refractivity contribution in [2.75, 3.05) is 13.7 Å². The molecule has 1 aliphatic carbocycles.